The van der Waals surface area contributed by atoms with E-state index in [9.17, 15) is 10.2 Å². The van der Waals surface area contributed by atoms with Gasteiger partial charge in [-0.25, -0.2) is 0 Å². The normalized spacial score (nSPS) is 15.5. The number of aliphatic hydroxyl groups is 2. The fourth-order valence-corrected chi connectivity index (χ4v) is 1.87. The summed E-state index contributed by atoms with van der Waals surface area (Å²) in [6.07, 6.45) is 1.65. The third kappa shape index (κ3) is 3.19. The summed E-state index contributed by atoms with van der Waals surface area (Å²) in [5.41, 5.74) is -0.0971. The Balaban J connectivity index is 2.91. The van der Waals surface area contributed by atoms with Crippen LogP contribution in [0.2, 0.25) is 0 Å². The van der Waals surface area contributed by atoms with Gasteiger partial charge in [0.15, 0.2) is 0 Å². The van der Waals surface area contributed by atoms with Crippen molar-refractivity contribution in [1.29, 1.82) is 0 Å². The van der Waals surface area contributed by atoms with Gasteiger partial charge in [0.25, 0.3) is 0 Å². The average molecular weight is 220 g/mol. The molecule has 0 spiro atoms. The van der Waals surface area contributed by atoms with E-state index in [-0.39, 0.29) is 5.92 Å². The predicted molar refractivity (Wildman–Crippen MR) is 66.0 cm³/mol. The first kappa shape index (κ1) is 12.9. The Bertz CT molecular complexity index is 324. The molecule has 0 amide bonds. The van der Waals surface area contributed by atoms with Crippen LogP contribution in [0.4, 0.5) is 0 Å². The zero-order valence-electron chi connectivity index (χ0n) is 9.93. The van der Waals surface area contributed by atoms with Gasteiger partial charge in [0, 0.05) is 5.92 Å². The third-order valence-electron chi connectivity index (χ3n) is 2.85. The molecule has 1 rings (SSSR count). The molecule has 0 fully saturated rings. The molecule has 0 heterocycles. The predicted octanol–water partition coefficient (Wildman–Crippen LogP) is 2.68. The Morgan fingerprint density at radius 1 is 1.31 bits per heavy atom. The van der Waals surface area contributed by atoms with Gasteiger partial charge in [-0.2, -0.15) is 0 Å². The molecule has 1 aromatic carbocycles. The first-order chi connectivity index (χ1) is 7.46. The van der Waals surface area contributed by atoms with Crippen molar-refractivity contribution in [3.63, 3.8) is 0 Å². The van der Waals surface area contributed by atoms with Crippen molar-refractivity contribution >= 4 is 0 Å². The Kier molecular flexibility index (Phi) is 4.27. The Labute approximate surface area is 97.2 Å². The van der Waals surface area contributed by atoms with E-state index in [1.165, 1.54) is 0 Å². The van der Waals surface area contributed by atoms with Gasteiger partial charge in [-0.1, -0.05) is 36.4 Å². The lowest BCUT2D eigenvalue weighted by Gasteiger charge is -2.32. The van der Waals surface area contributed by atoms with Crippen LogP contribution < -0.4 is 0 Å². The Morgan fingerprint density at radius 2 is 1.88 bits per heavy atom. The smallest absolute Gasteiger partial charge is 0.0848 e. The average Bonchev–Trinajstić information content (AvgIpc) is 2.25. The first-order valence-corrected chi connectivity index (χ1v) is 5.53. The molecule has 2 N–H and O–H groups in total. The molecule has 88 valence electrons. The highest BCUT2D eigenvalue weighted by Crippen LogP contribution is 2.33. The van der Waals surface area contributed by atoms with Crippen LogP contribution in [0.15, 0.2) is 43.0 Å². The Hall–Kier alpha value is -1.12. The Morgan fingerprint density at radius 3 is 2.31 bits per heavy atom. The maximum atomic E-state index is 10.2. The van der Waals surface area contributed by atoms with E-state index < -0.39 is 11.7 Å². The van der Waals surface area contributed by atoms with Crippen LogP contribution in [-0.2, 0) is 0 Å². The zero-order chi connectivity index (χ0) is 12.2. The van der Waals surface area contributed by atoms with Gasteiger partial charge < -0.3 is 10.2 Å². The molecule has 0 saturated carbocycles. The summed E-state index contributed by atoms with van der Waals surface area (Å²) < 4.78 is 0. The molecular formula is C14H20O2. The lowest BCUT2D eigenvalue weighted by Crippen LogP contribution is -2.35. The summed E-state index contributed by atoms with van der Waals surface area (Å²) in [5, 5.41) is 20.3. The molecule has 16 heavy (non-hydrogen) atoms. The van der Waals surface area contributed by atoms with E-state index >= 15 is 0 Å². The second-order valence-corrected chi connectivity index (χ2v) is 4.64. The SMILES string of the molecule is C=CC[C@H]([C@@H](O)c1ccccc1)C(C)(C)O. The van der Waals surface area contributed by atoms with Gasteiger partial charge in [-0.3, -0.25) is 0 Å². The van der Waals surface area contributed by atoms with Gasteiger partial charge in [0.1, 0.15) is 0 Å². The number of allylic oxidation sites excluding steroid dienone is 1. The minimum atomic E-state index is -0.927. The van der Waals surface area contributed by atoms with Crippen LogP contribution in [0.5, 0.6) is 0 Å². The van der Waals surface area contributed by atoms with Crippen molar-refractivity contribution in [2.75, 3.05) is 0 Å². The second-order valence-electron chi connectivity index (χ2n) is 4.64. The highest BCUT2D eigenvalue weighted by molar-refractivity contribution is 5.19. The van der Waals surface area contributed by atoms with Crippen molar-refractivity contribution in [1.82, 2.24) is 0 Å². The third-order valence-corrected chi connectivity index (χ3v) is 2.85. The highest BCUT2D eigenvalue weighted by Gasteiger charge is 2.32. The molecule has 0 aliphatic carbocycles. The molecule has 2 atom stereocenters. The van der Waals surface area contributed by atoms with E-state index in [2.05, 4.69) is 6.58 Å². The van der Waals surface area contributed by atoms with Crippen LogP contribution in [0.1, 0.15) is 31.9 Å². The van der Waals surface area contributed by atoms with Crippen molar-refractivity contribution in [2.24, 2.45) is 5.92 Å². The molecule has 0 radical (unpaired) electrons. The van der Waals surface area contributed by atoms with E-state index in [4.69, 9.17) is 0 Å². The molecule has 0 aliphatic heterocycles. The summed E-state index contributed by atoms with van der Waals surface area (Å²) in [6.45, 7) is 7.10. The van der Waals surface area contributed by atoms with Crippen LogP contribution >= 0.6 is 0 Å². The maximum Gasteiger partial charge on any atom is 0.0848 e. The lowest BCUT2D eigenvalue weighted by molar-refractivity contribution is -0.0465. The van der Waals surface area contributed by atoms with Crippen molar-refractivity contribution in [3.05, 3.63) is 48.6 Å². The molecule has 0 bridgehead atoms. The van der Waals surface area contributed by atoms with E-state index in [0.29, 0.717) is 6.42 Å². The lowest BCUT2D eigenvalue weighted by atomic mass is 9.81. The fraction of sp³-hybridized carbons (Fsp3) is 0.429. The molecule has 2 heteroatoms. The summed E-state index contributed by atoms with van der Waals surface area (Å²) in [5.74, 6) is -0.243. The molecule has 0 unspecified atom stereocenters. The van der Waals surface area contributed by atoms with Crippen molar-refractivity contribution < 1.29 is 10.2 Å². The van der Waals surface area contributed by atoms with Gasteiger partial charge in [-0.05, 0) is 25.8 Å². The fourth-order valence-electron chi connectivity index (χ4n) is 1.87. The van der Waals surface area contributed by atoms with E-state index in [1.807, 2.05) is 30.3 Å². The zero-order valence-corrected chi connectivity index (χ0v) is 9.93. The number of benzene rings is 1. The number of aliphatic hydroxyl groups excluding tert-OH is 1. The summed E-state index contributed by atoms with van der Waals surface area (Å²) in [4.78, 5) is 0. The van der Waals surface area contributed by atoms with Crippen molar-refractivity contribution in [2.45, 2.75) is 32.0 Å². The number of rotatable bonds is 5. The van der Waals surface area contributed by atoms with Crippen LogP contribution in [-0.4, -0.2) is 15.8 Å². The van der Waals surface area contributed by atoms with Gasteiger partial charge in [-0.15, -0.1) is 6.58 Å². The summed E-state index contributed by atoms with van der Waals surface area (Å²) >= 11 is 0. The largest absolute Gasteiger partial charge is 0.390 e. The molecule has 0 saturated heterocycles. The van der Waals surface area contributed by atoms with Gasteiger partial charge >= 0.3 is 0 Å². The van der Waals surface area contributed by atoms with Crippen molar-refractivity contribution in [3.8, 4) is 0 Å². The van der Waals surface area contributed by atoms with Gasteiger partial charge in [0.2, 0.25) is 0 Å². The summed E-state index contributed by atoms with van der Waals surface area (Å²) in [7, 11) is 0. The molecular weight excluding hydrogens is 200 g/mol. The molecule has 2 nitrogen and oxygen atoms in total. The summed E-state index contributed by atoms with van der Waals surface area (Å²) in [6, 6.07) is 9.41. The van der Waals surface area contributed by atoms with Gasteiger partial charge in [0.05, 0.1) is 11.7 Å². The van der Waals surface area contributed by atoms with E-state index in [1.54, 1.807) is 19.9 Å². The monoisotopic (exact) mass is 220 g/mol. The molecule has 1 aromatic rings. The topological polar surface area (TPSA) is 40.5 Å². The van der Waals surface area contributed by atoms with Crippen LogP contribution in [0, 0.1) is 5.92 Å². The van der Waals surface area contributed by atoms with Crippen LogP contribution in [0.25, 0.3) is 0 Å². The first-order valence-electron chi connectivity index (χ1n) is 5.53. The minimum Gasteiger partial charge on any atom is -0.390 e. The number of hydrogen-bond acceptors (Lipinski definition) is 2. The van der Waals surface area contributed by atoms with E-state index in [0.717, 1.165) is 5.56 Å². The minimum absolute atomic E-state index is 0.243. The second kappa shape index (κ2) is 5.28. The quantitative estimate of drug-likeness (QED) is 0.749. The number of hydrogen-bond donors (Lipinski definition) is 2. The van der Waals surface area contributed by atoms with Crippen LogP contribution in [0.3, 0.4) is 0 Å². The highest BCUT2D eigenvalue weighted by atomic mass is 16.3. The molecule has 0 aliphatic rings. The maximum absolute atomic E-state index is 10.2. The standard InChI is InChI=1S/C14H20O2/c1-4-8-12(14(2,3)16)13(15)11-9-6-5-7-10-11/h4-7,9-10,12-13,15-16H,1,8H2,2-3H3/t12-,13+/m1/s1. The molecule has 0 aromatic heterocycles.